The van der Waals surface area contributed by atoms with Crippen LogP contribution in [0, 0.1) is 5.82 Å². The molecule has 10 heteroatoms. The molecule has 0 unspecified atom stereocenters. The molecule has 0 aliphatic rings. The first-order valence-electron chi connectivity index (χ1n) is 9.43. The largest absolute Gasteiger partial charge is 0.494 e. The fourth-order valence-corrected chi connectivity index (χ4v) is 3.53. The highest BCUT2D eigenvalue weighted by Gasteiger charge is 2.13. The van der Waals surface area contributed by atoms with Crippen LogP contribution in [0.5, 0.6) is 5.75 Å². The van der Waals surface area contributed by atoms with Crippen molar-refractivity contribution < 1.29 is 13.9 Å². The van der Waals surface area contributed by atoms with Gasteiger partial charge in [0.25, 0.3) is 5.56 Å². The van der Waals surface area contributed by atoms with Gasteiger partial charge in [-0.25, -0.2) is 14.1 Å². The van der Waals surface area contributed by atoms with Crippen molar-refractivity contribution in [2.24, 2.45) is 0 Å². The third-order valence-electron chi connectivity index (χ3n) is 4.28. The predicted octanol–water partition coefficient (Wildman–Crippen LogP) is 3.38. The fourth-order valence-electron chi connectivity index (χ4n) is 2.87. The van der Waals surface area contributed by atoms with Gasteiger partial charge >= 0.3 is 0 Å². The molecule has 0 spiro atoms. The zero-order valence-electron chi connectivity index (χ0n) is 16.5. The van der Waals surface area contributed by atoms with Gasteiger partial charge in [0.05, 0.1) is 24.2 Å². The van der Waals surface area contributed by atoms with Crippen molar-refractivity contribution in [1.29, 1.82) is 0 Å². The molecule has 8 nitrogen and oxygen atoms in total. The van der Waals surface area contributed by atoms with Crippen molar-refractivity contribution in [2.45, 2.75) is 12.1 Å². The summed E-state index contributed by atoms with van der Waals surface area (Å²) >= 11 is 1.09. The molecule has 0 aliphatic carbocycles. The van der Waals surface area contributed by atoms with E-state index in [0.29, 0.717) is 29.0 Å². The molecule has 2 N–H and O–H groups in total. The maximum absolute atomic E-state index is 13.2. The van der Waals surface area contributed by atoms with Crippen LogP contribution in [0.3, 0.4) is 0 Å². The van der Waals surface area contributed by atoms with Crippen LogP contribution in [0.1, 0.15) is 6.92 Å². The summed E-state index contributed by atoms with van der Waals surface area (Å²) in [5, 5.41) is 7.54. The third-order valence-corrected chi connectivity index (χ3v) is 5.15. The molecule has 0 atom stereocenters. The number of carbonyl (C=O) groups excluding carboxylic acids is 1. The van der Waals surface area contributed by atoms with E-state index in [1.54, 1.807) is 36.4 Å². The molecule has 158 valence electrons. The van der Waals surface area contributed by atoms with Gasteiger partial charge in [0.15, 0.2) is 10.8 Å². The van der Waals surface area contributed by atoms with Crippen molar-refractivity contribution in [3.05, 3.63) is 70.9 Å². The molecular weight excluding hydrogens is 421 g/mol. The summed E-state index contributed by atoms with van der Waals surface area (Å²) in [5.41, 5.74) is 1.16. The van der Waals surface area contributed by atoms with Gasteiger partial charge in [-0.1, -0.05) is 11.8 Å². The highest BCUT2D eigenvalue weighted by atomic mass is 32.2. The number of nitrogens with zero attached hydrogens (tertiary/aromatic N) is 3. The van der Waals surface area contributed by atoms with Gasteiger partial charge in [-0.3, -0.25) is 9.59 Å². The third kappa shape index (κ3) is 4.75. The summed E-state index contributed by atoms with van der Waals surface area (Å²) in [6, 6.07) is 12.7. The van der Waals surface area contributed by atoms with E-state index < -0.39 is 0 Å². The number of benzene rings is 2. The molecule has 4 aromatic rings. The molecule has 0 saturated heterocycles. The lowest BCUT2D eigenvalue weighted by atomic mass is 10.3. The van der Waals surface area contributed by atoms with E-state index in [0.717, 1.165) is 17.5 Å². The number of thioether (sulfide) groups is 1. The Bertz CT molecular complexity index is 1270. The van der Waals surface area contributed by atoms with Crippen molar-refractivity contribution in [3.63, 3.8) is 0 Å². The average Bonchev–Trinajstić information content (AvgIpc) is 3.19. The SMILES string of the molecule is CCOc1ccc(NC(=O)CSc2nc3c(cnn3-c3ccc(F)cc3)c(=O)[nH]2)cc1. The molecule has 0 fully saturated rings. The van der Waals surface area contributed by atoms with Crippen molar-refractivity contribution in [3.8, 4) is 11.4 Å². The number of nitrogens with one attached hydrogen (secondary N) is 2. The Morgan fingerprint density at radius 3 is 2.65 bits per heavy atom. The number of H-pyrrole nitrogens is 1. The molecule has 0 saturated carbocycles. The van der Waals surface area contributed by atoms with Crippen LogP contribution in [-0.4, -0.2) is 38.0 Å². The standard InChI is InChI=1S/C21H18FN5O3S/c1-2-30-16-9-5-14(6-10-16)24-18(28)12-31-21-25-19-17(20(29)26-21)11-23-27(19)15-7-3-13(22)4-8-15/h3-11H,2,12H2,1H3,(H,24,28)(H,25,26,29). The average molecular weight is 439 g/mol. The van der Waals surface area contributed by atoms with E-state index in [9.17, 15) is 14.0 Å². The highest BCUT2D eigenvalue weighted by molar-refractivity contribution is 7.99. The Labute approximate surface area is 180 Å². The minimum Gasteiger partial charge on any atom is -0.494 e. The number of carbonyl (C=O) groups is 1. The van der Waals surface area contributed by atoms with Crippen LogP contribution in [0.4, 0.5) is 10.1 Å². The number of hydrogen-bond donors (Lipinski definition) is 2. The summed E-state index contributed by atoms with van der Waals surface area (Å²) in [4.78, 5) is 31.7. The van der Waals surface area contributed by atoms with Crippen molar-refractivity contribution in [2.75, 3.05) is 17.7 Å². The second-order valence-electron chi connectivity index (χ2n) is 6.44. The van der Waals surface area contributed by atoms with Crippen LogP contribution in [0.15, 0.2) is 64.7 Å². The quantitative estimate of drug-likeness (QED) is 0.338. The molecular formula is C21H18FN5O3S. The first-order valence-corrected chi connectivity index (χ1v) is 10.4. The summed E-state index contributed by atoms with van der Waals surface area (Å²) in [6.45, 7) is 2.47. The first-order chi connectivity index (χ1) is 15.0. The molecule has 4 rings (SSSR count). The van der Waals surface area contributed by atoms with E-state index in [2.05, 4.69) is 20.4 Å². The van der Waals surface area contributed by atoms with Crippen LogP contribution >= 0.6 is 11.8 Å². The number of halogens is 1. The molecule has 0 bridgehead atoms. The molecule has 31 heavy (non-hydrogen) atoms. The zero-order chi connectivity index (χ0) is 21.8. The number of rotatable bonds is 7. The number of ether oxygens (including phenoxy) is 1. The lowest BCUT2D eigenvalue weighted by molar-refractivity contribution is -0.113. The van der Waals surface area contributed by atoms with E-state index in [-0.39, 0.29) is 28.2 Å². The Morgan fingerprint density at radius 2 is 1.94 bits per heavy atom. The lowest BCUT2D eigenvalue weighted by Crippen LogP contribution is -2.15. The lowest BCUT2D eigenvalue weighted by Gasteiger charge is -2.07. The van der Waals surface area contributed by atoms with Gasteiger partial charge in [-0.2, -0.15) is 5.10 Å². The fraction of sp³-hybridized carbons (Fsp3) is 0.143. The number of hydrogen-bond acceptors (Lipinski definition) is 6. The Morgan fingerprint density at radius 1 is 1.19 bits per heavy atom. The maximum Gasteiger partial charge on any atom is 0.262 e. The van der Waals surface area contributed by atoms with Gasteiger partial charge in [0.1, 0.15) is 17.0 Å². The van der Waals surface area contributed by atoms with Gasteiger partial charge in [0, 0.05) is 5.69 Å². The van der Waals surface area contributed by atoms with E-state index in [1.807, 2.05) is 6.92 Å². The van der Waals surface area contributed by atoms with E-state index in [4.69, 9.17) is 4.74 Å². The molecule has 2 heterocycles. The van der Waals surface area contributed by atoms with E-state index in [1.165, 1.54) is 23.0 Å². The van der Waals surface area contributed by atoms with Crippen LogP contribution in [0.2, 0.25) is 0 Å². The molecule has 0 aliphatic heterocycles. The maximum atomic E-state index is 13.2. The number of fused-ring (bicyclic) bond motifs is 1. The summed E-state index contributed by atoms with van der Waals surface area (Å²) in [7, 11) is 0. The van der Waals surface area contributed by atoms with Gasteiger partial charge in [-0.15, -0.1) is 0 Å². The monoisotopic (exact) mass is 439 g/mol. The normalized spacial score (nSPS) is 10.9. The van der Waals surface area contributed by atoms with Crippen LogP contribution in [0.25, 0.3) is 16.7 Å². The van der Waals surface area contributed by atoms with Crippen LogP contribution in [-0.2, 0) is 4.79 Å². The van der Waals surface area contributed by atoms with E-state index >= 15 is 0 Å². The molecule has 1 amide bonds. The Balaban J connectivity index is 1.48. The smallest absolute Gasteiger partial charge is 0.262 e. The second-order valence-corrected chi connectivity index (χ2v) is 7.40. The van der Waals surface area contributed by atoms with Crippen LogP contribution < -0.4 is 15.6 Å². The summed E-state index contributed by atoms with van der Waals surface area (Å²) in [5.74, 6) is 0.152. The second kappa shape index (κ2) is 9.00. The van der Waals surface area contributed by atoms with Gasteiger partial charge in [0.2, 0.25) is 5.91 Å². The van der Waals surface area contributed by atoms with Gasteiger partial charge in [-0.05, 0) is 55.5 Å². The minimum atomic E-state index is -0.374. The summed E-state index contributed by atoms with van der Waals surface area (Å²) in [6.07, 6.45) is 1.40. The molecule has 2 aromatic carbocycles. The highest BCUT2D eigenvalue weighted by Crippen LogP contribution is 2.19. The molecule has 0 radical (unpaired) electrons. The summed E-state index contributed by atoms with van der Waals surface area (Å²) < 4.78 is 20.0. The first kappa shape index (κ1) is 20.6. The number of anilines is 1. The predicted molar refractivity (Wildman–Crippen MR) is 116 cm³/mol. The molecule has 2 aromatic heterocycles. The minimum absolute atomic E-state index is 0.0480. The number of aromatic nitrogens is 4. The van der Waals surface area contributed by atoms with Crippen molar-refractivity contribution in [1.82, 2.24) is 19.7 Å². The van der Waals surface area contributed by atoms with Gasteiger partial charge < -0.3 is 15.0 Å². The Kier molecular flexibility index (Phi) is 5.99. The number of amides is 1. The zero-order valence-corrected chi connectivity index (χ0v) is 17.3. The topological polar surface area (TPSA) is 102 Å². The Hall–Kier alpha value is -3.66. The van der Waals surface area contributed by atoms with Crippen molar-refractivity contribution >= 4 is 34.4 Å². The number of aromatic amines is 1.